The zero-order valence-electron chi connectivity index (χ0n) is 17.7. The number of phenols is 1. The Kier molecular flexibility index (Phi) is 5.43. The van der Waals surface area contributed by atoms with E-state index in [0.717, 1.165) is 0 Å². The number of methoxy groups -OCH3 is 3. The molecule has 2 atom stereocenters. The number of benzene rings is 1. The predicted octanol–water partition coefficient (Wildman–Crippen LogP) is 3.40. The second-order valence-corrected chi connectivity index (χ2v) is 8.31. The Balaban J connectivity index is 2.27. The summed E-state index contributed by atoms with van der Waals surface area (Å²) in [5, 5.41) is 10.3. The number of esters is 1. The molecule has 3 rings (SSSR count). The minimum Gasteiger partial charge on any atom is -0.502 e. The molecule has 0 amide bonds. The van der Waals surface area contributed by atoms with Crippen LogP contribution in [0.2, 0.25) is 0 Å². The Morgan fingerprint density at radius 2 is 1.72 bits per heavy atom. The van der Waals surface area contributed by atoms with Crippen LogP contribution in [0.3, 0.4) is 0 Å². The van der Waals surface area contributed by atoms with Crippen LogP contribution >= 0.6 is 0 Å². The number of carbonyl (C=O) groups is 2. The Labute approximate surface area is 170 Å². The normalized spacial score (nSPS) is 23.2. The molecule has 29 heavy (non-hydrogen) atoms. The number of rotatable bonds is 4. The highest BCUT2D eigenvalue weighted by Crippen LogP contribution is 2.50. The lowest BCUT2D eigenvalue weighted by Gasteiger charge is -2.39. The van der Waals surface area contributed by atoms with E-state index in [4.69, 9.17) is 14.2 Å². The molecule has 1 unspecified atom stereocenters. The summed E-state index contributed by atoms with van der Waals surface area (Å²) in [7, 11) is 4.19. The molecule has 0 saturated carbocycles. The molecule has 7 heteroatoms. The number of ketones is 1. The lowest BCUT2D eigenvalue weighted by molar-refractivity contribution is -0.143. The molecule has 0 aromatic heterocycles. The molecule has 156 valence electrons. The summed E-state index contributed by atoms with van der Waals surface area (Å²) in [6.45, 7) is 5.85. The maximum absolute atomic E-state index is 13.2. The molecule has 0 saturated heterocycles. The van der Waals surface area contributed by atoms with Crippen LogP contribution in [0.15, 0.2) is 28.4 Å². The van der Waals surface area contributed by atoms with Gasteiger partial charge >= 0.3 is 5.97 Å². The van der Waals surface area contributed by atoms with E-state index in [2.05, 4.69) is 4.99 Å². The molecule has 0 bridgehead atoms. The number of hydrogen-bond acceptors (Lipinski definition) is 7. The SMILES string of the molecule is COC(=O)C1C(C)=NC2=C(C(=O)CC(C)(C)C2)[C@H]1c1cc(OC)c(O)c(OC)c1. The minimum absolute atomic E-state index is 0.0302. The molecule has 1 aromatic carbocycles. The summed E-state index contributed by atoms with van der Waals surface area (Å²) in [6.07, 6.45) is 1.01. The molecule has 7 nitrogen and oxygen atoms in total. The molecule has 1 heterocycles. The van der Waals surface area contributed by atoms with Gasteiger partial charge in [-0.2, -0.15) is 0 Å². The summed E-state index contributed by atoms with van der Waals surface area (Å²) in [5.74, 6) is -1.57. The Hall–Kier alpha value is -2.83. The van der Waals surface area contributed by atoms with E-state index in [1.807, 2.05) is 13.8 Å². The van der Waals surface area contributed by atoms with Gasteiger partial charge in [0, 0.05) is 29.3 Å². The summed E-state index contributed by atoms with van der Waals surface area (Å²) in [5.41, 5.74) is 2.26. The van der Waals surface area contributed by atoms with Gasteiger partial charge in [0.1, 0.15) is 5.92 Å². The Bertz CT molecular complexity index is 902. The molecular weight excluding hydrogens is 374 g/mol. The van der Waals surface area contributed by atoms with Gasteiger partial charge < -0.3 is 19.3 Å². The third kappa shape index (κ3) is 3.61. The number of phenolic OH excluding ortho intramolecular Hbond substituents is 1. The zero-order chi connectivity index (χ0) is 21.5. The Morgan fingerprint density at radius 1 is 1.14 bits per heavy atom. The van der Waals surface area contributed by atoms with Crippen LogP contribution in [0.25, 0.3) is 0 Å². The number of aliphatic imine (C=N–C) groups is 1. The van der Waals surface area contributed by atoms with Crippen molar-refractivity contribution in [3.8, 4) is 17.2 Å². The molecule has 0 fully saturated rings. The van der Waals surface area contributed by atoms with E-state index in [9.17, 15) is 14.7 Å². The van der Waals surface area contributed by atoms with Gasteiger partial charge in [-0.25, -0.2) is 0 Å². The van der Waals surface area contributed by atoms with E-state index in [1.165, 1.54) is 21.3 Å². The van der Waals surface area contributed by atoms with Gasteiger partial charge in [-0.15, -0.1) is 0 Å². The lowest BCUT2D eigenvalue weighted by Crippen LogP contribution is -2.39. The average Bonchev–Trinajstić information content (AvgIpc) is 2.65. The van der Waals surface area contributed by atoms with Crippen molar-refractivity contribution in [1.29, 1.82) is 0 Å². The maximum Gasteiger partial charge on any atom is 0.315 e. The first-order valence-corrected chi connectivity index (χ1v) is 9.47. The van der Waals surface area contributed by atoms with E-state index in [1.54, 1.807) is 19.1 Å². The molecule has 1 aliphatic heterocycles. The van der Waals surface area contributed by atoms with Crippen LogP contribution in [0.1, 0.15) is 45.1 Å². The van der Waals surface area contributed by atoms with Crippen molar-refractivity contribution in [3.63, 3.8) is 0 Å². The molecule has 0 radical (unpaired) electrons. The molecule has 0 spiro atoms. The monoisotopic (exact) mass is 401 g/mol. The fraction of sp³-hybridized carbons (Fsp3) is 0.500. The third-order valence-corrected chi connectivity index (χ3v) is 5.62. The number of aromatic hydroxyl groups is 1. The van der Waals surface area contributed by atoms with Gasteiger partial charge in [-0.05, 0) is 36.5 Å². The van der Waals surface area contributed by atoms with Crippen LogP contribution in [0.4, 0.5) is 0 Å². The first-order valence-electron chi connectivity index (χ1n) is 9.47. The van der Waals surface area contributed by atoms with Crippen molar-refractivity contribution in [2.75, 3.05) is 21.3 Å². The predicted molar refractivity (Wildman–Crippen MR) is 108 cm³/mol. The summed E-state index contributed by atoms with van der Waals surface area (Å²) < 4.78 is 15.6. The van der Waals surface area contributed by atoms with E-state index in [0.29, 0.717) is 35.4 Å². The minimum atomic E-state index is -0.747. The van der Waals surface area contributed by atoms with Crippen molar-refractivity contribution in [1.82, 2.24) is 0 Å². The summed E-state index contributed by atoms with van der Waals surface area (Å²) in [4.78, 5) is 30.5. The van der Waals surface area contributed by atoms with Gasteiger partial charge in [-0.1, -0.05) is 13.8 Å². The molecule has 2 aliphatic rings. The van der Waals surface area contributed by atoms with E-state index >= 15 is 0 Å². The molecule has 1 aliphatic carbocycles. The number of ether oxygens (including phenoxy) is 3. The highest BCUT2D eigenvalue weighted by molar-refractivity contribution is 6.09. The standard InChI is InChI=1S/C22H27NO6/c1-11-17(21(26)29-6)18(12-7-15(27-4)20(25)16(8-12)28-5)19-13(23-11)9-22(2,3)10-14(19)24/h7-8,17-18,25H,9-10H2,1-6H3/t17?,18-/m0/s1. The van der Waals surface area contributed by atoms with Gasteiger partial charge in [0.25, 0.3) is 0 Å². The lowest BCUT2D eigenvalue weighted by atomic mass is 9.67. The van der Waals surface area contributed by atoms with Crippen LogP contribution < -0.4 is 9.47 Å². The molecular formula is C22H27NO6. The number of Topliss-reactive ketones (excluding diaryl/α,β-unsaturated/α-hetero) is 1. The van der Waals surface area contributed by atoms with Crippen molar-refractivity contribution < 1.29 is 28.9 Å². The third-order valence-electron chi connectivity index (χ3n) is 5.62. The van der Waals surface area contributed by atoms with E-state index < -0.39 is 17.8 Å². The van der Waals surface area contributed by atoms with Crippen LogP contribution in [-0.2, 0) is 14.3 Å². The molecule has 1 aromatic rings. The first kappa shape index (κ1) is 20.9. The Morgan fingerprint density at radius 3 is 2.24 bits per heavy atom. The first-order chi connectivity index (χ1) is 13.6. The fourth-order valence-electron chi connectivity index (χ4n) is 4.33. The summed E-state index contributed by atoms with van der Waals surface area (Å²) in [6, 6.07) is 3.27. The summed E-state index contributed by atoms with van der Waals surface area (Å²) >= 11 is 0. The van der Waals surface area contributed by atoms with Crippen LogP contribution in [0.5, 0.6) is 17.2 Å². The smallest absolute Gasteiger partial charge is 0.315 e. The second-order valence-electron chi connectivity index (χ2n) is 8.31. The van der Waals surface area contributed by atoms with Gasteiger partial charge in [0.2, 0.25) is 5.75 Å². The van der Waals surface area contributed by atoms with Crippen molar-refractivity contribution >= 4 is 17.5 Å². The topological polar surface area (TPSA) is 94.4 Å². The van der Waals surface area contributed by atoms with Gasteiger partial charge in [-0.3, -0.25) is 14.6 Å². The van der Waals surface area contributed by atoms with Gasteiger partial charge in [0.05, 0.1) is 21.3 Å². The fourth-order valence-corrected chi connectivity index (χ4v) is 4.33. The second kappa shape index (κ2) is 7.54. The van der Waals surface area contributed by atoms with Crippen molar-refractivity contribution in [2.45, 2.75) is 39.5 Å². The number of nitrogens with zero attached hydrogens (tertiary/aromatic N) is 1. The number of hydrogen-bond donors (Lipinski definition) is 1. The average molecular weight is 401 g/mol. The maximum atomic E-state index is 13.2. The number of allylic oxidation sites excluding steroid dienone is 2. The van der Waals surface area contributed by atoms with Crippen molar-refractivity contribution in [3.05, 3.63) is 29.0 Å². The highest BCUT2D eigenvalue weighted by Gasteiger charge is 2.46. The largest absolute Gasteiger partial charge is 0.502 e. The highest BCUT2D eigenvalue weighted by atomic mass is 16.5. The van der Waals surface area contributed by atoms with Crippen LogP contribution in [0, 0.1) is 11.3 Å². The van der Waals surface area contributed by atoms with Gasteiger partial charge in [0.15, 0.2) is 17.3 Å². The number of carbonyl (C=O) groups excluding carboxylic acids is 2. The van der Waals surface area contributed by atoms with E-state index in [-0.39, 0.29) is 28.4 Å². The van der Waals surface area contributed by atoms with Crippen LogP contribution in [-0.4, -0.2) is 43.9 Å². The zero-order valence-corrected chi connectivity index (χ0v) is 17.7. The molecule has 1 N–H and O–H groups in total. The van der Waals surface area contributed by atoms with Crippen molar-refractivity contribution in [2.24, 2.45) is 16.3 Å². The quantitative estimate of drug-likeness (QED) is 0.777.